The second-order valence-electron chi connectivity index (χ2n) is 5.72. The molecule has 0 bridgehead atoms. The van der Waals surface area contributed by atoms with Crippen molar-refractivity contribution >= 4 is 5.95 Å². The highest BCUT2D eigenvalue weighted by molar-refractivity contribution is 5.33. The van der Waals surface area contributed by atoms with Gasteiger partial charge in [-0.1, -0.05) is 6.07 Å². The summed E-state index contributed by atoms with van der Waals surface area (Å²) in [5.74, 6) is -1.26. The molecule has 0 amide bonds. The maximum Gasteiger partial charge on any atom is 0.255 e. The van der Waals surface area contributed by atoms with E-state index in [1.54, 1.807) is 0 Å². The normalized spacial score (nSPS) is 14.8. The van der Waals surface area contributed by atoms with Crippen LogP contribution in [-0.4, -0.2) is 29.1 Å². The van der Waals surface area contributed by atoms with Gasteiger partial charge in [0.1, 0.15) is 12.4 Å². The first-order valence-corrected chi connectivity index (χ1v) is 7.97. The van der Waals surface area contributed by atoms with E-state index in [0.717, 1.165) is 38.2 Å². The Kier molecular flexibility index (Phi) is 5.36. The number of rotatable bonds is 5. The predicted octanol–water partition coefficient (Wildman–Crippen LogP) is 2.37. The lowest BCUT2D eigenvalue weighted by atomic mass is 10.1. The first kappa shape index (κ1) is 17.0. The third-order valence-corrected chi connectivity index (χ3v) is 3.93. The number of nitrogens with zero attached hydrogens (tertiary/aromatic N) is 3. The minimum Gasteiger partial charge on any atom is -0.470 e. The summed E-state index contributed by atoms with van der Waals surface area (Å²) < 4.78 is 33.0. The molecule has 1 fully saturated rings. The average Bonchev–Trinajstić information content (AvgIpc) is 2.63. The Morgan fingerprint density at radius 2 is 2.08 bits per heavy atom. The van der Waals surface area contributed by atoms with Crippen molar-refractivity contribution in [3.63, 3.8) is 0 Å². The van der Waals surface area contributed by atoms with Crippen LogP contribution in [0.3, 0.4) is 0 Å². The maximum absolute atomic E-state index is 13.9. The molecule has 2 aromatic rings. The van der Waals surface area contributed by atoms with Crippen molar-refractivity contribution in [1.29, 1.82) is 5.26 Å². The van der Waals surface area contributed by atoms with Crippen LogP contribution in [0.2, 0.25) is 0 Å². The van der Waals surface area contributed by atoms with Crippen LogP contribution in [0.5, 0.6) is 5.88 Å². The van der Waals surface area contributed by atoms with Crippen LogP contribution < -0.4 is 15.4 Å². The first-order chi connectivity index (χ1) is 12.2. The first-order valence-electron chi connectivity index (χ1n) is 7.97. The van der Waals surface area contributed by atoms with Gasteiger partial charge in [-0.3, -0.25) is 0 Å². The van der Waals surface area contributed by atoms with E-state index in [0.29, 0.717) is 0 Å². The van der Waals surface area contributed by atoms with E-state index >= 15 is 0 Å². The number of benzene rings is 1. The maximum atomic E-state index is 13.9. The van der Waals surface area contributed by atoms with Crippen molar-refractivity contribution in [2.45, 2.75) is 25.5 Å². The number of ether oxygens (including phenoxy) is 1. The van der Waals surface area contributed by atoms with Crippen molar-refractivity contribution in [3.8, 4) is 11.9 Å². The molecule has 1 saturated heterocycles. The summed E-state index contributed by atoms with van der Waals surface area (Å²) in [7, 11) is 0. The van der Waals surface area contributed by atoms with Crippen LogP contribution in [0.25, 0.3) is 0 Å². The summed E-state index contributed by atoms with van der Waals surface area (Å²) in [5.41, 5.74) is 0.424. The van der Waals surface area contributed by atoms with Crippen LogP contribution >= 0.6 is 0 Å². The summed E-state index contributed by atoms with van der Waals surface area (Å²) in [4.78, 5) is 7.95. The van der Waals surface area contributed by atoms with Crippen molar-refractivity contribution in [3.05, 3.63) is 47.2 Å². The number of hydrogen-bond acceptors (Lipinski definition) is 6. The predicted molar refractivity (Wildman–Crippen MR) is 87.0 cm³/mol. The standard InChI is InChI=1S/C17H17F2N5O/c18-14-7-11(8-20)1-2-12(14)10-25-16-15(19)9-22-17(24-16)23-13-3-5-21-6-4-13/h1-2,7,9,13,21H,3-6,10H2,(H,22,23,24). The van der Waals surface area contributed by atoms with Crippen LogP contribution in [0, 0.1) is 23.0 Å². The smallest absolute Gasteiger partial charge is 0.255 e. The summed E-state index contributed by atoms with van der Waals surface area (Å²) in [5, 5.41) is 15.1. The monoisotopic (exact) mass is 345 g/mol. The highest BCUT2D eigenvalue weighted by atomic mass is 19.1. The molecule has 2 heterocycles. The van der Waals surface area contributed by atoms with Crippen molar-refractivity contribution in [1.82, 2.24) is 15.3 Å². The number of aromatic nitrogens is 2. The lowest BCUT2D eigenvalue weighted by Gasteiger charge is -2.23. The molecular formula is C17H17F2N5O. The molecule has 1 aromatic heterocycles. The Morgan fingerprint density at radius 3 is 2.80 bits per heavy atom. The molecule has 0 atom stereocenters. The van der Waals surface area contributed by atoms with Gasteiger partial charge in [0.2, 0.25) is 11.8 Å². The van der Waals surface area contributed by atoms with Gasteiger partial charge in [0.15, 0.2) is 0 Å². The lowest BCUT2D eigenvalue weighted by molar-refractivity contribution is 0.271. The number of hydrogen-bond donors (Lipinski definition) is 2. The third-order valence-electron chi connectivity index (χ3n) is 3.93. The van der Waals surface area contributed by atoms with Crippen LogP contribution in [0.4, 0.5) is 14.7 Å². The number of nitrogens with one attached hydrogen (secondary N) is 2. The molecule has 1 aromatic carbocycles. The summed E-state index contributed by atoms with van der Waals surface area (Å²) in [6.07, 6.45) is 2.88. The minimum absolute atomic E-state index is 0.196. The fraction of sp³-hybridized carbons (Fsp3) is 0.353. The van der Waals surface area contributed by atoms with Gasteiger partial charge in [-0.05, 0) is 38.1 Å². The highest BCUT2D eigenvalue weighted by Crippen LogP contribution is 2.19. The van der Waals surface area contributed by atoms with Crippen LogP contribution in [-0.2, 0) is 6.61 Å². The molecule has 0 unspecified atom stereocenters. The van der Waals surface area contributed by atoms with Gasteiger partial charge in [-0.25, -0.2) is 9.37 Å². The molecule has 25 heavy (non-hydrogen) atoms. The molecular weight excluding hydrogens is 328 g/mol. The largest absolute Gasteiger partial charge is 0.470 e. The molecule has 1 aliphatic heterocycles. The van der Waals surface area contributed by atoms with Crippen molar-refractivity contribution in [2.75, 3.05) is 18.4 Å². The third kappa shape index (κ3) is 4.39. The van der Waals surface area contributed by atoms with E-state index in [1.165, 1.54) is 12.1 Å². The molecule has 2 N–H and O–H groups in total. The van der Waals surface area contributed by atoms with Gasteiger partial charge >= 0.3 is 0 Å². The van der Waals surface area contributed by atoms with E-state index in [-0.39, 0.29) is 35.6 Å². The van der Waals surface area contributed by atoms with Crippen LogP contribution in [0.1, 0.15) is 24.0 Å². The van der Waals surface area contributed by atoms with Crippen LogP contribution in [0.15, 0.2) is 24.4 Å². The lowest BCUT2D eigenvalue weighted by Crippen LogP contribution is -2.35. The molecule has 0 spiro atoms. The van der Waals surface area contributed by atoms with E-state index in [9.17, 15) is 8.78 Å². The molecule has 0 radical (unpaired) electrons. The fourth-order valence-corrected chi connectivity index (χ4v) is 2.55. The van der Waals surface area contributed by atoms with E-state index in [4.69, 9.17) is 10.00 Å². The van der Waals surface area contributed by atoms with E-state index in [2.05, 4.69) is 20.6 Å². The Hall–Kier alpha value is -2.79. The number of nitriles is 1. The average molecular weight is 345 g/mol. The number of piperidine rings is 1. The Balaban J connectivity index is 1.67. The Morgan fingerprint density at radius 1 is 1.28 bits per heavy atom. The topological polar surface area (TPSA) is 82.9 Å². The number of anilines is 1. The zero-order valence-electron chi connectivity index (χ0n) is 13.4. The highest BCUT2D eigenvalue weighted by Gasteiger charge is 2.16. The summed E-state index contributed by atoms with van der Waals surface area (Å²) in [6, 6.07) is 6.08. The molecule has 130 valence electrons. The van der Waals surface area contributed by atoms with Gasteiger partial charge in [0, 0.05) is 11.6 Å². The molecule has 0 saturated carbocycles. The van der Waals surface area contributed by atoms with E-state index in [1.807, 2.05) is 6.07 Å². The summed E-state index contributed by atoms with van der Waals surface area (Å²) in [6.45, 7) is 1.61. The van der Waals surface area contributed by atoms with Gasteiger partial charge in [0.25, 0.3) is 5.88 Å². The minimum atomic E-state index is -0.718. The van der Waals surface area contributed by atoms with Gasteiger partial charge in [-0.15, -0.1) is 0 Å². The molecule has 0 aliphatic carbocycles. The fourth-order valence-electron chi connectivity index (χ4n) is 2.55. The second kappa shape index (κ2) is 7.85. The van der Waals surface area contributed by atoms with Crippen molar-refractivity contribution < 1.29 is 13.5 Å². The molecule has 1 aliphatic rings. The van der Waals surface area contributed by atoms with Gasteiger partial charge < -0.3 is 15.4 Å². The quantitative estimate of drug-likeness (QED) is 0.866. The number of halogens is 2. The Bertz CT molecular complexity index is 787. The zero-order chi connectivity index (χ0) is 17.6. The molecule has 6 nitrogen and oxygen atoms in total. The summed E-state index contributed by atoms with van der Waals surface area (Å²) >= 11 is 0. The Labute approximate surface area is 143 Å². The molecule has 3 rings (SSSR count). The van der Waals surface area contributed by atoms with Crippen molar-refractivity contribution in [2.24, 2.45) is 0 Å². The van der Waals surface area contributed by atoms with Gasteiger partial charge in [0.05, 0.1) is 17.8 Å². The van der Waals surface area contributed by atoms with Gasteiger partial charge in [-0.2, -0.15) is 14.6 Å². The SMILES string of the molecule is N#Cc1ccc(COc2nc(NC3CCNCC3)ncc2F)c(F)c1. The zero-order valence-corrected chi connectivity index (χ0v) is 13.4. The van der Waals surface area contributed by atoms with E-state index < -0.39 is 11.6 Å². The second-order valence-corrected chi connectivity index (χ2v) is 5.72. The molecule has 8 heteroatoms.